The fraction of sp³-hybridized carbons (Fsp3) is 0.658. The van der Waals surface area contributed by atoms with Crippen LogP contribution in [-0.2, 0) is 40.0 Å². The maximum Gasteiger partial charge on any atom is 0.306 e. The van der Waals surface area contributed by atoms with Crippen molar-refractivity contribution in [3.8, 4) is 5.75 Å². The summed E-state index contributed by atoms with van der Waals surface area (Å²) in [6, 6.07) is 0.0377. The molecule has 2 rings (SSSR count). The molecule has 0 unspecified atom stereocenters. The molecule has 5 amide bonds. The molecule has 17 heteroatoms. The van der Waals surface area contributed by atoms with E-state index in [1.807, 2.05) is 13.8 Å². The normalized spacial score (nSPS) is 21.6. The summed E-state index contributed by atoms with van der Waals surface area (Å²) in [6.45, 7) is 4.55. The number of rotatable bonds is 18. The number of Topliss-reactive ketones (excluding diaryl/α,β-unsaturated/α-hetero) is 1. The molecule has 1 saturated heterocycles. The maximum absolute atomic E-state index is 14.0. The van der Waals surface area contributed by atoms with Gasteiger partial charge in [-0.1, -0.05) is 26.0 Å². The van der Waals surface area contributed by atoms with Gasteiger partial charge in [0.15, 0.2) is 5.78 Å². The number of carbonyl (C=O) groups excluding carboxylic acids is 6. The van der Waals surface area contributed by atoms with Gasteiger partial charge in [-0.2, -0.15) is 0 Å². The van der Waals surface area contributed by atoms with Gasteiger partial charge in [-0.15, -0.1) is 0 Å². The fourth-order valence-corrected chi connectivity index (χ4v) is 6.27. The molecule has 1 aromatic carbocycles. The lowest BCUT2D eigenvalue weighted by molar-refractivity contribution is -0.144. The number of aromatic hydroxyl groups is 1. The SMILES string of the molecule is CC(C)C[C@H](CC(=O)[C@H](Cc1ccc(O)cc1)NC(=O)[C@@H]1CC(=O)NCCCC[C@H](N)C(=O)N[C@@H](CCCCN)C(=O)N[C@@H](CCCCN)C(=O)N1)C(=O)O. The first-order valence-corrected chi connectivity index (χ1v) is 19.3. The molecule has 0 saturated carbocycles. The Bertz CT molecular complexity index is 1420. The monoisotopic (exact) mass is 774 g/mol. The van der Waals surface area contributed by atoms with Crippen LogP contribution >= 0.6 is 0 Å². The molecule has 0 bridgehead atoms. The zero-order valence-corrected chi connectivity index (χ0v) is 32.1. The van der Waals surface area contributed by atoms with E-state index in [4.69, 9.17) is 17.2 Å². The van der Waals surface area contributed by atoms with Gasteiger partial charge in [0.05, 0.1) is 24.4 Å². The second-order valence-corrected chi connectivity index (χ2v) is 14.7. The van der Waals surface area contributed by atoms with Crippen molar-refractivity contribution in [1.82, 2.24) is 26.6 Å². The molecule has 0 radical (unpaired) electrons. The van der Waals surface area contributed by atoms with Crippen LogP contribution in [0.2, 0.25) is 0 Å². The van der Waals surface area contributed by atoms with E-state index in [-0.39, 0.29) is 56.7 Å². The smallest absolute Gasteiger partial charge is 0.306 e. The number of nitrogens with one attached hydrogen (secondary N) is 5. The zero-order valence-electron chi connectivity index (χ0n) is 32.1. The summed E-state index contributed by atoms with van der Waals surface area (Å²) in [5.74, 6) is -6.19. The highest BCUT2D eigenvalue weighted by molar-refractivity contribution is 5.98. The number of amides is 5. The summed E-state index contributed by atoms with van der Waals surface area (Å²) < 4.78 is 0. The first-order chi connectivity index (χ1) is 26.1. The maximum atomic E-state index is 14.0. The van der Waals surface area contributed by atoms with E-state index in [0.717, 1.165) is 0 Å². The van der Waals surface area contributed by atoms with Gasteiger partial charge >= 0.3 is 5.97 Å². The number of carboxylic acid groups (broad SMARTS) is 1. The van der Waals surface area contributed by atoms with Crippen molar-refractivity contribution in [2.45, 2.75) is 128 Å². The number of hydrogen-bond donors (Lipinski definition) is 10. The predicted octanol–water partition coefficient (Wildman–Crippen LogP) is -0.144. The Morgan fingerprint density at radius 3 is 2.00 bits per heavy atom. The highest BCUT2D eigenvalue weighted by Crippen LogP contribution is 2.19. The van der Waals surface area contributed by atoms with Gasteiger partial charge in [-0.25, -0.2) is 0 Å². The van der Waals surface area contributed by atoms with E-state index in [9.17, 15) is 43.8 Å². The molecule has 0 spiro atoms. The standard InChI is InChI=1S/C38H62N8O9/c1-23(2)19-25(38(54)55)21-32(48)30(20-24-12-14-26(47)15-13-24)45-37(53)31-22-33(49)42-18-8-5-9-27(41)34(50)43-28(10-3-6-16-39)35(51)44-29(36(52)46-31)11-4-7-17-40/h12-15,23,25,27-31,47H,3-11,16-22,39-41H2,1-2H3,(H,42,49)(H,43,50)(H,44,51)(H,45,53)(H,46,52)(H,54,55)/t25-,27+,28+,29+,30+,31+/m1/s1. The number of phenolic OH excluding ortho intramolecular Hbond substituents is 1. The third-order valence-corrected chi connectivity index (χ3v) is 9.42. The largest absolute Gasteiger partial charge is 0.508 e. The number of aliphatic carboxylic acids is 1. The molecule has 1 heterocycles. The van der Waals surface area contributed by atoms with Crippen molar-refractivity contribution >= 4 is 41.3 Å². The number of ketones is 1. The van der Waals surface area contributed by atoms with Crippen LogP contribution in [0, 0.1) is 11.8 Å². The number of phenols is 1. The lowest BCUT2D eigenvalue weighted by atomic mass is 9.89. The van der Waals surface area contributed by atoms with Gasteiger partial charge in [-0.05, 0) is 107 Å². The van der Waals surface area contributed by atoms with Crippen LogP contribution in [0.5, 0.6) is 5.75 Å². The molecule has 6 atom stereocenters. The molecule has 0 aliphatic carbocycles. The number of nitrogens with two attached hydrogens (primary N) is 3. The Balaban J connectivity index is 2.48. The van der Waals surface area contributed by atoms with Crippen molar-refractivity contribution in [2.24, 2.45) is 29.0 Å². The summed E-state index contributed by atoms with van der Waals surface area (Å²) in [7, 11) is 0. The van der Waals surface area contributed by atoms with E-state index in [2.05, 4.69) is 26.6 Å². The third-order valence-electron chi connectivity index (χ3n) is 9.42. The number of hydrogen-bond acceptors (Lipinski definition) is 11. The molecular formula is C38H62N8O9. The Hall–Kier alpha value is -4.61. The number of carbonyl (C=O) groups is 7. The Kier molecular flexibility index (Phi) is 20.9. The van der Waals surface area contributed by atoms with Crippen molar-refractivity contribution < 1.29 is 43.8 Å². The van der Waals surface area contributed by atoms with Crippen molar-refractivity contribution in [1.29, 1.82) is 0 Å². The average Bonchev–Trinajstić information content (AvgIpc) is 3.13. The minimum absolute atomic E-state index is 0.0193. The van der Waals surface area contributed by atoms with Crippen LogP contribution in [0.3, 0.4) is 0 Å². The minimum Gasteiger partial charge on any atom is -0.508 e. The van der Waals surface area contributed by atoms with E-state index in [1.54, 1.807) is 12.1 Å². The second-order valence-electron chi connectivity index (χ2n) is 14.7. The van der Waals surface area contributed by atoms with E-state index >= 15 is 0 Å². The van der Waals surface area contributed by atoms with E-state index < -0.39 is 83.8 Å². The second kappa shape index (κ2) is 24.7. The lowest BCUT2D eigenvalue weighted by Crippen LogP contribution is -2.59. The van der Waals surface area contributed by atoms with Crippen LogP contribution in [0.1, 0.15) is 96.5 Å². The lowest BCUT2D eigenvalue weighted by Gasteiger charge is -2.27. The Labute approximate surface area is 323 Å². The summed E-state index contributed by atoms with van der Waals surface area (Å²) in [5, 5.41) is 33.0. The van der Waals surface area contributed by atoms with Crippen molar-refractivity contribution in [3.63, 3.8) is 0 Å². The molecule has 1 aliphatic heterocycles. The topological polar surface area (TPSA) is 298 Å². The quantitative estimate of drug-likeness (QED) is 0.0872. The molecular weight excluding hydrogens is 712 g/mol. The molecule has 308 valence electrons. The summed E-state index contributed by atoms with van der Waals surface area (Å²) >= 11 is 0. The van der Waals surface area contributed by atoms with E-state index in [1.165, 1.54) is 12.1 Å². The van der Waals surface area contributed by atoms with Crippen molar-refractivity contribution in [2.75, 3.05) is 19.6 Å². The highest BCUT2D eigenvalue weighted by Gasteiger charge is 2.34. The summed E-state index contributed by atoms with van der Waals surface area (Å²) in [5.41, 5.74) is 18.0. The van der Waals surface area contributed by atoms with Gasteiger partial charge in [0.2, 0.25) is 29.5 Å². The summed E-state index contributed by atoms with van der Waals surface area (Å²) in [6.07, 6.45) is 2.86. The van der Waals surface area contributed by atoms with Gasteiger partial charge in [0, 0.05) is 13.0 Å². The Morgan fingerprint density at radius 1 is 0.855 bits per heavy atom. The molecule has 1 aliphatic rings. The highest BCUT2D eigenvalue weighted by atomic mass is 16.4. The van der Waals surface area contributed by atoms with Gasteiger partial charge in [0.1, 0.15) is 23.9 Å². The van der Waals surface area contributed by atoms with Crippen LogP contribution in [0.4, 0.5) is 0 Å². The molecule has 1 aromatic rings. The number of unbranched alkanes of at least 4 members (excludes halogenated alkanes) is 2. The number of benzene rings is 1. The fourth-order valence-electron chi connectivity index (χ4n) is 6.27. The first kappa shape index (κ1) is 46.5. The van der Waals surface area contributed by atoms with Crippen molar-refractivity contribution in [3.05, 3.63) is 29.8 Å². The Morgan fingerprint density at radius 2 is 1.44 bits per heavy atom. The molecule has 17 nitrogen and oxygen atoms in total. The van der Waals surface area contributed by atoms with Crippen LogP contribution < -0.4 is 43.8 Å². The van der Waals surface area contributed by atoms with Crippen LogP contribution in [0.25, 0.3) is 0 Å². The molecule has 1 fully saturated rings. The van der Waals surface area contributed by atoms with E-state index in [0.29, 0.717) is 57.2 Å². The third kappa shape index (κ3) is 17.6. The molecule has 13 N–H and O–H groups in total. The molecule has 0 aromatic heterocycles. The predicted molar refractivity (Wildman–Crippen MR) is 205 cm³/mol. The van der Waals surface area contributed by atoms with Crippen LogP contribution in [0.15, 0.2) is 24.3 Å². The van der Waals surface area contributed by atoms with Gasteiger partial charge < -0.3 is 54.0 Å². The average molecular weight is 775 g/mol. The van der Waals surface area contributed by atoms with Gasteiger partial charge in [-0.3, -0.25) is 33.6 Å². The van der Waals surface area contributed by atoms with Crippen LogP contribution in [-0.4, -0.2) is 101 Å². The van der Waals surface area contributed by atoms with Gasteiger partial charge in [0.25, 0.3) is 0 Å². The zero-order chi connectivity index (χ0) is 40.9. The number of carboxylic acids is 1. The molecule has 55 heavy (non-hydrogen) atoms. The first-order valence-electron chi connectivity index (χ1n) is 19.3. The summed E-state index contributed by atoms with van der Waals surface area (Å²) in [4.78, 5) is 93.5. The minimum atomic E-state index is -1.51.